The van der Waals surface area contributed by atoms with E-state index in [1.165, 1.54) is 12.1 Å². The maximum atomic E-state index is 12.5. The fraction of sp³-hybridized carbons (Fsp3) is 0.357. The lowest BCUT2D eigenvalue weighted by Gasteiger charge is -2.20. The number of hydrogen-bond donors (Lipinski definition) is 1. The Morgan fingerprint density at radius 1 is 1.05 bits per heavy atom. The first-order valence-corrected chi connectivity index (χ1v) is 6.13. The maximum Gasteiger partial charge on any atom is 0.416 e. The van der Waals surface area contributed by atoms with Crippen molar-refractivity contribution in [1.29, 1.82) is 0 Å². The summed E-state index contributed by atoms with van der Waals surface area (Å²) in [6.07, 6.45) is -4.33. The molecule has 108 valence electrons. The van der Waals surface area contributed by atoms with E-state index in [0.29, 0.717) is 17.1 Å². The maximum absolute atomic E-state index is 12.5. The van der Waals surface area contributed by atoms with E-state index in [1.807, 2.05) is 20.8 Å². The Morgan fingerprint density at radius 2 is 1.60 bits per heavy atom. The normalized spacial score (nSPS) is 12.7. The van der Waals surface area contributed by atoms with Crippen LogP contribution in [0.5, 0.6) is 0 Å². The summed E-state index contributed by atoms with van der Waals surface area (Å²) >= 11 is 0. The lowest BCUT2D eigenvalue weighted by molar-refractivity contribution is -0.137. The highest BCUT2D eigenvalue weighted by Crippen LogP contribution is 2.31. The molecule has 3 nitrogen and oxygen atoms in total. The minimum atomic E-state index is -4.33. The van der Waals surface area contributed by atoms with Crippen molar-refractivity contribution in [1.82, 2.24) is 9.78 Å². The van der Waals surface area contributed by atoms with E-state index in [0.717, 1.165) is 12.1 Å². The summed E-state index contributed by atoms with van der Waals surface area (Å²) in [5.74, 6) is 0.479. The summed E-state index contributed by atoms with van der Waals surface area (Å²) in [6, 6.07) is 6.55. The smallest absolute Gasteiger partial charge is 0.384 e. The van der Waals surface area contributed by atoms with Crippen molar-refractivity contribution in [3.8, 4) is 11.3 Å². The Bertz CT molecular complexity index is 604. The largest absolute Gasteiger partial charge is 0.416 e. The fourth-order valence-corrected chi connectivity index (χ4v) is 1.90. The van der Waals surface area contributed by atoms with Gasteiger partial charge < -0.3 is 5.73 Å². The van der Waals surface area contributed by atoms with E-state index >= 15 is 0 Å². The number of anilines is 1. The average Bonchev–Trinajstić information content (AvgIpc) is 2.70. The van der Waals surface area contributed by atoms with Crippen LogP contribution >= 0.6 is 0 Å². The van der Waals surface area contributed by atoms with Crippen LogP contribution in [0.25, 0.3) is 11.3 Å². The summed E-state index contributed by atoms with van der Waals surface area (Å²) in [7, 11) is 0. The second-order valence-electron chi connectivity index (χ2n) is 5.61. The summed E-state index contributed by atoms with van der Waals surface area (Å²) in [5.41, 5.74) is 6.09. The number of halogens is 3. The van der Waals surface area contributed by atoms with Gasteiger partial charge in [-0.1, -0.05) is 12.1 Å². The third kappa shape index (κ3) is 2.79. The molecule has 2 rings (SSSR count). The van der Waals surface area contributed by atoms with Crippen LogP contribution in [0, 0.1) is 0 Å². The first-order chi connectivity index (χ1) is 9.09. The minimum Gasteiger partial charge on any atom is -0.384 e. The molecule has 2 N–H and O–H groups in total. The van der Waals surface area contributed by atoms with Gasteiger partial charge in [-0.2, -0.15) is 18.3 Å². The van der Waals surface area contributed by atoms with Gasteiger partial charge in [-0.15, -0.1) is 0 Å². The highest BCUT2D eigenvalue weighted by Gasteiger charge is 2.30. The lowest BCUT2D eigenvalue weighted by Crippen LogP contribution is -2.24. The number of alkyl halides is 3. The van der Waals surface area contributed by atoms with Crippen LogP contribution in [-0.2, 0) is 11.7 Å². The molecule has 0 aliphatic rings. The molecule has 0 bridgehead atoms. The van der Waals surface area contributed by atoms with E-state index in [-0.39, 0.29) is 5.54 Å². The molecule has 0 radical (unpaired) electrons. The van der Waals surface area contributed by atoms with Crippen LogP contribution in [0.3, 0.4) is 0 Å². The SMILES string of the molecule is CC(C)(C)n1nc(-c2ccc(C(F)(F)F)cc2)cc1N. The van der Waals surface area contributed by atoms with Crippen molar-refractivity contribution in [3.05, 3.63) is 35.9 Å². The van der Waals surface area contributed by atoms with E-state index in [1.54, 1.807) is 10.7 Å². The molecular weight excluding hydrogens is 267 g/mol. The second kappa shape index (κ2) is 4.54. The number of nitrogens with zero attached hydrogens (tertiary/aromatic N) is 2. The highest BCUT2D eigenvalue weighted by atomic mass is 19.4. The van der Waals surface area contributed by atoms with Crippen LogP contribution in [0.2, 0.25) is 0 Å². The van der Waals surface area contributed by atoms with Gasteiger partial charge >= 0.3 is 6.18 Å². The van der Waals surface area contributed by atoms with Gasteiger partial charge in [-0.25, -0.2) is 4.68 Å². The van der Waals surface area contributed by atoms with Crippen LogP contribution in [0.15, 0.2) is 30.3 Å². The summed E-state index contributed by atoms with van der Waals surface area (Å²) < 4.78 is 39.2. The Balaban J connectivity index is 2.38. The molecule has 0 aliphatic heterocycles. The third-order valence-electron chi connectivity index (χ3n) is 2.88. The molecule has 2 aromatic rings. The van der Waals surface area contributed by atoms with E-state index in [4.69, 9.17) is 5.73 Å². The molecule has 0 amide bonds. The van der Waals surface area contributed by atoms with Crippen LogP contribution in [0.4, 0.5) is 19.0 Å². The molecule has 0 aliphatic carbocycles. The molecule has 0 fully saturated rings. The first-order valence-electron chi connectivity index (χ1n) is 6.13. The molecule has 0 unspecified atom stereocenters. The predicted octanol–water partition coefficient (Wildman–Crippen LogP) is 3.91. The van der Waals surface area contributed by atoms with Gasteiger partial charge in [0.15, 0.2) is 0 Å². The Morgan fingerprint density at radius 3 is 2.00 bits per heavy atom. The standard InChI is InChI=1S/C14H16F3N3/c1-13(2,3)20-12(18)8-11(19-20)9-4-6-10(7-5-9)14(15,16)17/h4-8H,18H2,1-3H3. The van der Waals surface area contributed by atoms with Gasteiger partial charge in [0.2, 0.25) is 0 Å². The van der Waals surface area contributed by atoms with Crippen molar-refractivity contribution in [2.75, 3.05) is 5.73 Å². The van der Waals surface area contributed by atoms with Gasteiger partial charge in [-0.05, 0) is 32.9 Å². The molecule has 6 heteroatoms. The van der Waals surface area contributed by atoms with E-state index in [2.05, 4.69) is 5.10 Å². The molecular formula is C14H16F3N3. The van der Waals surface area contributed by atoms with Crippen molar-refractivity contribution in [2.24, 2.45) is 0 Å². The van der Waals surface area contributed by atoms with Crippen molar-refractivity contribution >= 4 is 5.82 Å². The van der Waals surface area contributed by atoms with Crippen molar-refractivity contribution < 1.29 is 13.2 Å². The van der Waals surface area contributed by atoms with E-state index in [9.17, 15) is 13.2 Å². The van der Waals surface area contributed by atoms with Crippen molar-refractivity contribution in [2.45, 2.75) is 32.5 Å². The molecule has 20 heavy (non-hydrogen) atoms. The number of benzene rings is 1. The number of aromatic nitrogens is 2. The third-order valence-corrected chi connectivity index (χ3v) is 2.88. The zero-order valence-electron chi connectivity index (χ0n) is 11.5. The monoisotopic (exact) mass is 283 g/mol. The highest BCUT2D eigenvalue weighted by molar-refractivity contribution is 5.62. The zero-order chi connectivity index (χ0) is 15.1. The molecule has 0 spiro atoms. The number of nitrogen functional groups attached to an aromatic ring is 1. The zero-order valence-corrected chi connectivity index (χ0v) is 11.5. The van der Waals surface area contributed by atoms with Gasteiger partial charge in [0, 0.05) is 11.6 Å². The van der Waals surface area contributed by atoms with Crippen LogP contribution < -0.4 is 5.73 Å². The van der Waals surface area contributed by atoms with Gasteiger partial charge in [-0.3, -0.25) is 0 Å². The molecule has 1 aromatic heterocycles. The Labute approximate surface area is 115 Å². The topological polar surface area (TPSA) is 43.8 Å². The average molecular weight is 283 g/mol. The molecule has 1 aromatic carbocycles. The van der Waals surface area contributed by atoms with Crippen molar-refractivity contribution in [3.63, 3.8) is 0 Å². The predicted molar refractivity (Wildman–Crippen MR) is 72.1 cm³/mol. The van der Waals surface area contributed by atoms with Gasteiger partial charge in [0.1, 0.15) is 5.82 Å². The second-order valence-corrected chi connectivity index (χ2v) is 5.61. The summed E-state index contributed by atoms with van der Waals surface area (Å²) in [5, 5.41) is 4.35. The quantitative estimate of drug-likeness (QED) is 0.862. The molecule has 0 saturated carbocycles. The van der Waals surface area contributed by atoms with Crippen LogP contribution in [-0.4, -0.2) is 9.78 Å². The number of hydrogen-bond acceptors (Lipinski definition) is 2. The molecule has 1 heterocycles. The van der Waals surface area contributed by atoms with Gasteiger partial charge in [0.05, 0.1) is 16.8 Å². The molecule has 0 atom stereocenters. The minimum absolute atomic E-state index is 0.283. The summed E-state index contributed by atoms with van der Waals surface area (Å²) in [6.45, 7) is 5.85. The number of rotatable bonds is 1. The Hall–Kier alpha value is -1.98. The van der Waals surface area contributed by atoms with Gasteiger partial charge in [0.25, 0.3) is 0 Å². The molecule has 0 saturated heterocycles. The van der Waals surface area contributed by atoms with E-state index < -0.39 is 11.7 Å². The fourth-order valence-electron chi connectivity index (χ4n) is 1.90. The number of nitrogens with two attached hydrogens (primary N) is 1. The first kappa shape index (κ1) is 14.4. The summed E-state index contributed by atoms with van der Waals surface area (Å²) in [4.78, 5) is 0. The lowest BCUT2D eigenvalue weighted by atomic mass is 10.1. The van der Waals surface area contributed by atoms with Crippen LogP contribution in [0.1, 0.15) is 26.3 Å². The Kier molecular flexibility index (Phi) is 3.28.